The monoisotopic (exact) mass is 403 g/mol. The number of piperidine rings is 1. The van der Waals surface area contributed by atoms with Gasteiger partial charge in [-0.1, -0.05) is 19.3 Å². The third-order valence-corrected chi connectivity index (χ3v) is 6.41. The molecule has 2 aliphatic rings. The Labute approximate surface area is 175 Å². The van der Waals surface area contributed by atoms with E-state index in [0.717, 1.165) is 31.5 Å². The van der Waals surface area contributed by atoms with Gasteiger partial charge in [-0.3, -0.25) is 4.79 Å². The van der Waals surface area contributed by atoms with E-state index in [4.69, 9.17) is 4.74 Å². The van der Waals surface area contributed by atoms with E-state index in [1.807, 2.05) is 12.1 Å². The Morgan fingerprint density at radius 2 is 1.83 bits per heavy atom. The molecule has 0 aromatic heterocycles. The molecule has 0 spiro atoms. The van der Waals surface area contributed by atoms with Crippen molar-refractivity contribution in [3.05, 3.63) is 29.8 Å². The maximum absolute atomic E-state index is 12.6. The van der Waals surface area contributed by atoms with E-state index < -0.39 is 6.10 Å². The Bertz CT molecular complexity index is 623. The maximum atomic E-state index is 12.6. The molecule has 6 nitrogen and oxygen atoms in total. The van der Waals surface area contributed by atoms with E-state index in [-0.39, 0.29) is 11.9 Å². The first kappa shape index (κ1) is 22.1. The van der Waals surface area contributed by atoms with Crippen LogP contribution >= 0.6 is 0 Å². The van der Waals surface area contributed by atoms with Gasteiger partial charge in [0.05, 0.1) is 12.7 Å². The summed E-state index contributed by atoms with van der Waals surface area (Å²) in [6.07, 6.45) is 7.90. The van der Waals surface area contributed by atoms with Crippen LogP contribution in [0.1, 0.15) is 55.3 Å². The highest BCUT2D eigenvalue weighted by Gasteiger charge is 2.23. The second-order valence-corrected chi connectivity index (χ2v) is 8.61. The lowest BCUT2D eigenvalue weighted by molar-refractivity contribution is 0.0309. The number of methoxy groups -OCH3 is 1. The number of nitrogens with one attached hydrogen (secondary N) is 1. The summed E-state index contributed by atoms with van der Waals surface area (Å²) in [7, 11) is 3.77. The van der Waals surface area contributed by atoms with Gasteiger partial charge in [0.15, 0.2) is 0 Å². The number of carbonyl (C=O) groups excluding carboxylic acids is 1. The molecule has 1 saturated carbocycles. The smallest absolute Gasteiger partial charge is 0.251 e. The number of ether oxygens (including phenoxy) is 1. The van der Waals surface area contributed by atoms with E-state index in [2.05, 4.69) is 34.3 Å². The van der Waals surface area contributed by atoms with E-state index in [1.165, 1.54) is 37.8 Å². The lowest BCUT2D eigenvalue weighted by Crippen LogP contribution is -2.47. The molecule has 0 radical (unpaired) electrons. The first-order valence-electron chi connectivity index (χ1n) is 11.1. The highest BCUT2D eigenvalue weighted by atomic mass is 16.5. The van der Waals surface area contributed by atoms with Crippen LogP contribution in [0, 0.1) is 0 Å². The normalized spacial score (nSPS) is 20.4. The van der Waals surface area contributed by atoms with Crippen molar-refractivity contribution in [2.45, 2.75) is 63.1 Å². The first-order chi connectivity index (χ1) is 14.1. The van der Waals surface area contributed by atoms with Crippen molar-refractivity contribution in [2.75, 3.05) is 45.3 Å². The molecule has 162 valence electrons. The molecule has 2 N–H and O–H groups in total. The Morgan fingerprint density at radius 3 is 2.45 bits per heavy atom. The highest BCUT2D eigenvalue weighted by Crippen LogP contribution is 2.26. The molecule has 1 amide bonds. The van der Waals surface area contributed by atoms with Crippen LogP contribution < -0.4 is 10.2 Å². The summed E-state index contributed by atoms with van der Waals surface area (Å²) in [6.45, 7) is 2.76. The third kappa shape index (κ3) is 6.43. The van der Waals surface area contributed by atoms with Gasteiger partial charge < -0.3 is 25.0 Å². The third-order valence-electron chi connectivity index (χ3n) is 6.41. The SMILES string of the molecule is COC[C@H](O)CN1CCC(NC(=O)c2ccc(N(C)C3CCCCC3)cc2)CC1. The highest BCUT2D eigenvalue weighted by molar-refractivity contribution is 5.94. The largest absolute Gasteiger partial charge is 0.389 e. The number of hydrogen-bond acceptors (Lipinski definition) is 5. The molecular formula is C23H37N3O3. The van der Waals surface area contributed by atoms with E-state index >= 15 is 0 Å². The quantitative estimate of drug-likeness (QED) is 0.699. The molecule has 1 atom stereocenters. The molecular weight excluding hydrogens is 366 g/mol. The molecule has 6 heteroatoms. The molecule has 1 aliphatic carbocycles. The summed E-state index contributed by atoms with van der Waals surface area (Å²) in [5, 5.41) is 13.0. The van der Waals surface area contributed by atoms with Crippen LogP contribution in [0.5, 0.6) is 0 Å². The van der Waals surface area contributed by atoms with Crippen molar-refractivity contribution in [1.29, 1.82) is 0 Å². The predicted molar refractivity (Wildman–Crippen MR) is 117 cm³/mol. The summed E-state index contributed by atoms with van der Waals surface area (Å²) in [4.78, 5) is 17.3. The minimum Gasteiger partial charge on any atom is -0.389 e. The van der Waals surface area contributed by atoms with Crippen LogP contribution in [0.15, 0.2) is 24.3 Å². The number of anilines is 1. The fourth-order valence-electron chi connectivity index (χ4n) is 4.60. The Hall–Kier alpha value is -1.63. The first-order valence-corrected chi connectivity index (χ1v) is 11.1. The maximum Gasteiger partial charge on any atom is 0.251 e. The van der Waals surface area contributed by atoms with Gasteiger partial charge in [-0.15, -0.1) is 0 Å². The van der Waals surface area contributed by atoms with Crippen molar-refractivity contribution < 1.29 is 14.6 Å². The van der Waals surface area contributed by atoms with Crippen molar-refractivity contribution in [3.63, 3.8) is 0 Å². The Kier molecular flexibility index (Phi) is 8.33. The summed E-state index contributed by atoms with van der Waals surface area (Å²) < 4.78 is 4.99. The van der Waals surface area contributed by atoms with Gasteiger partial charge in [0.1, 0.15) is 0 Å². The van der Waals surface area contributed by atoms with Crippen LogP contribution in [-0.2, 0) is 4.74 Å². The van der Waals surface area contributed by atoms with Crippen molar-refractivity contribution in [2.24, 2.45) is 0 Å². The van der Waals surface area contributed by atoms with Crippen LogP contribution in [0.4, 0.5) is 5.69 Å². The zero-order chi connectivity index (χ0) is 20.6. The molecule has 3 rings (SSSR count). The van der Waals surface area contributed by atoms with Crippen LogP contribution in [0.25, 0.3) is 0 Å². The number of hydrogen-bond donors (Lipinski definition) is 2. The number of aliphatic hydroxyl groups is 1. The minimum absolute atomic E-state index is 0.00902. The Morgan fingerprint density at radius 1 is 1.17 bits per heavy atom. The summed E-state index contributed by atoms with van der Waals surface area (Å²) >= 11 is 0. The van der Waals surface area contributed by atoms with Gasteiger partial charge in [0, 0.05) is 57.1 Å². The van der Waals surface area contributed by atoms with Gasteiger partial charge in [-0.25, -0.2) is 0 Å². The number of amides is 1. The van der Waals surface area contributed by atoms with Crippen molar-refractivity contribution in [1.82, 2.24) is 10.2 Å². The molecule has 1 aromatic rings. The number of β-amino-alcohol motifs (C(OH)–C–C–N with tert-alkyl or cyclic N) is 1. The zero-order valence-corrected chi connectivity index (χ0v) is 18.0. The van der Waals surface area contributed by atoms with E-state index in [0.29, 0.717) is 19.2 Å². The van der Waals surface area contributed by atoms with Gasteiger partial charge in [0.25, 0.3) is 5.91 Å². The summed E-state index contributed by atoms with van der Waals surface area (Å²) in [5.41, 5.74) is 1.92. The fraction of sp³-hybridized carbons (Fsp3) is 0.696. The molecule has 0 bridgehead atoms. The molecule has 1 heterocycles. The fourth-order valence-corrected chi connectivity index (χ4v) is 4.60. The topological polar surface area (TPSA) is 65.0 Å². The second-order valence-electron chi connectivity index (χ2n) is 8.61. The molecule has 1 aromatic carbocycles. The van der Waals surface area contributed by atoms with Crippen LogP contribution in [0.2, 0.25) is 0 Å². The molecule has 2 fully saturated rings. The summed E-state index contributed by atoms with van der Waals surface area (Å²) in [5.74, 6) is 0.00902. The van der Waals surface area contributed by atoms with Crippen molar-refractivity contribution in [3.8, 4) is 0 Å². The lowest BCUT2D eigenvalue weighted by Gasteiger charge is -2.33. The number of carbonyl (C=O) groups is 1. The standard InChI is InChI=1S/C23H37N3O3/c1-25(20-6-4-3-5-7-20)21-10-8-18(9-11-21)23(28)24-19-12-14-26(15-13-19)16-22(27)17-29-2/h8-11,19-20,22,27H,3-7,12-17H2,1-2H3,(H,24,28)/t22-/m1/s1. The molecule has 0 unspecified atom stereocenters. The van der Waals surface area contributed by atoms with Gasteiger partial charge >= 0.3 is 0 Å². The average Bonchev–Trinajstić information content (AvgIpc) is 2.75. The number of rotatable bonds is 8. The number of aliphatic hydroxyl groups excluding tert-OH is 1. The van der Waals surface area contributed by atoms with Crippen molar-refractivity contribution >= 4 is 11.6 Å². The Balaban J connectivity index is 1.45. The molecule has 1 aliphatic heterocycles. The number of benzene rings is 1. The molecule has 29 heavy (non-hydrogen) atoms. The minimum atomic E-state index is -0.448. The number of likely N-dealkylation sites (tertiary alicyclic amines) is 1. The number of nitrogens with zero attached hydrogens (tertiary/aromatic N) is 2. The van der Waals surface area contributed by atoms with Gasteiger partial charge in [0.2, 0.25) is 0 Å². The summed E-state index contributed by atoms with van der Waals surface area (Å²) in [6, 6.07) is 8.85. The average molecular weight is 404 g/mol. The van der Waals surface area contributed by atoms with Gasteiger partial charge in [-0.05, 0) is 49.9 Å². The second kappa shape index (κ2) is 11.0. The van der Waals surface area contributed by atoms with Crippen LogP contribution in [-0.4, -0.2) is 74.5 Å². The molecule has 1 saturated heterocycles. The van der Waals surface area contributed by atoms with Crippen LogP contribution in [0.3, 0.4) is 0 Å². The lowest BCUT2D eigenvalue weighted by atomic mass is 9.94. The zero-order valence-electron chi connectivity index (χ0n) is 18.0. The van der Waals surface area contributed by atoms with E-state index in [9.17, 15) is 9.90 Å². The van der Waals surface area contributed by atoms with Gasteiger partial charge in [-0.2, -0.15) is 0 Å². The van der Waals surface area contributed by atoms with E-state index in [1.54, 1.807) is 7.11 Å². The predicted octanol–water partition coefficient (Wildman–Crippen LogP) is 2.66.